The molecule has 0 radical (unpaired) electrons. The molecular weight excluding hydrogens is 376 g/mol. The number of anilines is 1. The van der Waals surface area contributed by atoms with Gasteiger partial charge in [0.1, 0.15) is 0 Å². The molecule has 1 saturated heterocycles. The zero-order chi connectivity index (χ0) is 20.5. The number of carbonyl (C=O) groups is 3. The first-order chi connectivity index (χ1) is 13.2. The van der Waals surface area contributed by atoms with E-state index < -0.39 is 0 Å². The highest BCUT2D eigenvalue weighted by molar-refractivity contribution is 7.17. The molecule has 28 heavy (non-hydrogen) atoms. The number of rotatable bonds is 4. The summed E-state index contributed by atoms with van der Waals surface area (Å²) in [6.07, 6.45) is 2.58. The maximum atomic E-state index is 12.7. The molecule has 3 rings (SSSR count). The Bertz CT molecular complexity index is 762. The predicted molar refractivity (Wildman–Crippen MR) is 110 cm³/mol. The molecule has 0 unspecified atom stereocenters. The van der Waals surface area contributed by atoms with Crippen molar-refractivity contribution in [2.45, 2.75) is 53.4 Å². The third-order valence-corrected chi connectivity index (χ3v) is 6.69. The fraction of sp³-hybridized carbons (Fsp3) is 0.700. The summed E-state index contributed by atoms with van der Waals surface area (Å²) >= 11 is 1.29. The first-order valence-electron chi connectivity index (χ1n) is 10.1. The third-order valence-electron chi connectivity index (χ3n) is 5.64. The lowest BCUT2D eigenvalue weighted by Gasteiger charge is -2.34. The van der Waals surface area contributed by atoms with Crippen LogP contribution < -0.4 is 5.32 Å². The largest absolute Gasteiger partial charge is 0.325 e. The highest BCUT2D eigenvalue weighted by atomic mass is 32.1. The van der Waals surface area contributed by atoms with E-state index in [1.807, 2.05) is 18.7 Å². The minimum atomic E-state index is -0.131. The van der Waals surface area contributed by atoms with Crippen LogP contribution in [0.1, 0.15) is 62.3 Å². The van der Waals surface area contributed by atoms with Crippen LogP contribution in [0.2, 0.25) is 0 Å². The summed E-state index contributed by atoms with van der Waals surface area (Å²) in [6, 6.07) is 0.0533. The minimum absolute atomic E-state index is 0.0533. The molecule has 1 aliphatic carbocycles. The van der Waals surface area contributed by atoms with E-state index in [1.165, 1.54) is 11.3 Å². The molecule has 1 aromatic rings. The second-order valence-electron chi connectivity index (χ2n) is 8.44. The Morgan fingerprint density at radius 2 is 1.86 bits per heavy atom. The van der Waals surface area contributed by atoms with Gasteiger partial charge >= 0.3 is 6.03 Å². The third kappa shape index (κ3) is 4.37. The Morgan fingerprint density at radius 1 is 1.21 bits per heavy atom. The molecule has 0 spiro atoms. The minimum Gasteiger partial charge on any atom is -0.325 e. The number of nitrogens with one attached hydrogen (secondary N) is 1. The second-order valence-corrected chi connectivity index (χ2v) is 9.44. The van der Waals surface area contributed by atoms with E-state index in [9.17, 15) is 14.4 Å². The van der Waals surface area contributed by atoms with Crippen LogP contribution in [0.3, 0.4) is 0 Å². The van der Waals surface area contributed by atoms with E-state index in [-0.39, 0.29) is 29.1 Å². The van der Waals surface area contributed by atoms with Crippen LogP contribution in [0.5, 0.6) is 0 Å². The van der Waals surface area contributed by atoms with Crippen molar-refractivity contribution < 1.29 is 14.4 Å². The number of amides is 3. The number of carbonyl (C=O) groups excluding carboxylic acids is 3. The lowest BCUT2D eigenvalue weighted by molar-refractivity contribution is -0.121. The number of hydrogen-bond donors (Lipinski definition) is 1. The summed E-state index contributed by atoms with van der Waals surface area (Å²) in [5, 5.41) is 3.42. The predicted octanol–water partition coefficient (Wildman–Crippen LogP) is 3.41. The number of Topliss-reactive ketones (excluding diaryl/α,β-unsaturated/α-hetero) is 1. The van der Waals surface area contributed by atoms with Crippen molar-refractivity contribution in [3.05, 3.63) is 10.6 Å². The first kappa shape index (κ1) is 20.8. The number of thiazole rings is 1. The monoisotopic (exact) mass is 406 g/mol. The van der Waals surface area contributed by atoms with Crippen molar-refractivity contribution in [3.8, 4) is 0 Å². The van der Waals surface area contributed by atoms with E-state index in [2.05, 4.69) is 24.1 Å². The standard InChI is InChI=1S/C20H30N4O3S/c1-5-23(6-2)19(27)24-9-7-13(8-10-24)17(26)22-18-21-14-11-20(3,4)12-15(25)16(14)28-18/h13H,5-12H2,1-4H3,(H,21,22,26). The average Bonchev–Trinajstić information content (AvgIpc) is 3.04. The Labute approximate surface area is 170 Å². The van der Waals surface area contributed by atoms with Gasteiger partial charge in [-0.2, -0.15) is 0 Å². The number of ketones is 1. The smallest absolute Gasteiger partial charge is 0.319 e. The van der Waals surface area contributed by atoms with Gasteiger partial charge in [0.2, 0.25) is 5.91 Å². The van der Waals surface area contributed by atoms with Crippen molar-refractivity contribution in [2.24, 2.45) is 11.3 Å². The number of likely N-dealkylation sites (tertiary alicyclic amines) is 1. The Balaban J connectivity index is 1.57. The van der Waals surface area contributed by atoms with E-state index in [0.29, 0.717) is 55.5 Å². The van der Waals surface area contributed by atoms with Gasteiger partial charge in [0.05, 0.1) is 10.6 Å². The molecule has 1 aliphatic heterocycles. The molecule has 154 valence electrons. The maximum absolute atomic E-state index is 12.7. The number of fused-ring (bicyclic) bond motifs is 1. The van der Waals surface area contributed by atoms with Crippen LogP contribution in [0.25, 0.3) is 0 Å². The van der Waals surface area contributed by atoms with Crippen LogP contribution >= 0.6 is 11.3 Å². The number of nitrogens with zero attached hydrogens (tertiary/aromatic N) is 3. The van der Waals surface area contributed by atoms with Gasteiger partial charge in [-0.3, -0.25) is 9.59 Å². The van der Waals surface area contributed by atoms with Gasteiger partial charge in [0, 0.05) is 38.5 Å². The van der Waals surface area contributed by atoms with Gasteiger partial charge in [-0.05, 0) is 38.5 Å². The van der Waals surface area contributed by atoms with Crippen LogP contribution in [-0.4, -0.2) is 58.7 Å². The molecule has 0 bridgehead atoms. The maximum Gasteiger partial charge on any atom is 0.319 e. The van der Waals surface area contributed by atoms with E-state index in [0.717, 1.165) is 12.1 Å². The molecule has 0 aromatic carbocycles. The highest BCUT2D eigenvalue weighted by Crippen LogP contribution is 2.38. The second kappa shape index (κ2) is 8.19. The van der Waals surface area contributed by atoms with Crippen LogP contribution in [0.4, 0.5) is 9.93 Å². The molecule has 3 amide bonds. The molecule has 0 saturated carbocycles. The molecular formula is C20H30N4O3S. The molecule has 2 aliphatic rings. The highest BCUT2D eigenvalue weighted by Gasteiger charge is 2.35. The fourth-order valence-electron chi connectivity index (χ4n) is 4.01. The van der Waals surface area contributed by atoms with Crippen molar-refractivity contribution in [1.82, 2.24) is 14.8 Å². The van der Waals surface area contributed by atoms with Gasteiger partial charge < -0.3 is 15.1 Å². The van der Waals surface area contributed by atoms with Crippen molar-refractivity contribution in [3.63, 3.8) is 0 Å². The van der Waals surface area contributed by atoms with Gasteiger partial charge in [-0.25, -0.2) is 9.78 Å². The zero-order valence-electron chi connectivity index (χ0n) is 17.2. The fourth-order valence-corrected chi connectivity index (χ4v) is 4.93. The molecule has 7 nitrogen and oxygen atoms in total. The topological polar surface area (TPSA) is 82.6 Å². The lowest BCUT2D eigenvalue weighted by atomic mass is 9.78. The number of urea groups is 1. The quantitative estimate of drug-likeness (QED) is 0.831. The van der Waals surface area contributed by atoms with Gasteiger partial charge in [0.25, 0.3) is 0 Å². The zero-order valence-corrected chi connectivity index (χ0v) is 18.0. The summed E-state index contributed by atoms with van der Waals surface area (Å²) in [5.41, 5.74) is 0.727. The molecule has 1 aromatic heterocycles. The lowest BCUT2D eigenvalue weighted by Crippen LogP contribution is -2.47. The van der Waals surface area contributed by atoms with Crippen molar-refractivity contribution in [2.75, 3.05) is 31.5 Å². The van der Waals surface area contributed by atoms with Gasteiger partial charge in [-0.1, -0.05) is 25.2 Å². The Hall–Kier alpha value is -1.96. The molecule has 0 atom stereocenters. The Kier molecular flexibility index (Phi) is 6.07. The summed E-state index contributed by atoms with van der Waals surface area (Å²) in [5.74, 6) is -0.0750. The van der Waals surface area contributed by atoms with Gasteiger partial charge in [0.15, 0.2) is 10.9 Å². The molecule has 8 heteroatoms. The molecule has 1 fully saturated rings. The van der Waals surface area contributed by atoms with E-state index in [4.69, 9.17) is 0 Å². The van der Waals surface area contributed by atoms with E-state index >= 15 is 0 Å². The first-order valence-corrected chi connectivity index (χ1v) is 10.9. The number of piperidine rings is 1. The van der Waals surface area contributed by atoms with Crippen LogP contribution in [0, 0.1) is 11.3 Å². The normalized spacial score (nSPS) is 19.3. The number of aromatic nitrogens is 1. The van der Waals surface area contributed by atoms with Crippen molar-refractivity contribution >= 4 is 34.2 Å². The Morgan fingerprint density at radius 3 is 2.46 bits per heavy atom. The summed E-state index contributed by atoms with van der Waals surface area (Å²) in [7, 11) is 0. The van der Waals surface area contributed by atoms with E-state index in [1.54, 1.807) is 4.90 Å². The molecule has 1 N–H and O–H groups in total. The van der Waals surface area contributed by atoms with Crippen molar-refractivity contribution in [1.29, 1.82) is 0 Å². The van der Waals surface area contributed by atoms with Gasteiger partial charge in [-0.15, -0.1) is 0 Å². The SMILES string of the molecule is CCN(CC)C(=O)N1CCC(C(=O)Nc2nc3c(s2)C(=O)CC(C)(C)C3)CC1. The summed E-state index contributed by atoms with van der Waals surface area (Å²) < 4.78 is 0. The van der Waals surface area contributed by atoms with Crippen LogP contribution in [0.15, 0.2) is 0 Å². The molecule has 2 heterocycles. The number of hydrogen-bond acceptors (Lipinski definition) is 5. The summed E-state index contributed by atoms with van der Waals surface area (Å²) in [6.45, 7) is 10.7. The average molecular weight is 407 g/mol. The summed E-state index contributed by atoms with van der Waals surface area (Å²) in [4.78, 5) is 46.3. The van der Waals surface area contributed by atoms with Crippen LogP contribution in [-0.2, 0) is 11.2 Å².